The number of carbonyl (C=O) groups excluding carboxylic acids is 3. The topological polar surface area (TPSA) is 155 Å². The van der Waals surface area contributed by atoms with Crippen LogP contribution in [0.1, 0.15) is 213 Å². The fourth-order valence-corrected chi connectivity index (χ4v) is 7.70. The molecule has 12 heteroatoms. The Hall–Kier alpha value is -3.86. The smallest absolute Gasteiger partial charge is 0.462 e. The number of rotatable bonds is 50. The molecule has 0 bridgehead atoms. The lowest BCUT2D eigenvalue weighted by Gasteiger charge is -2.21. The molecular weight excluding hydrogens is 928 g/mol. The number of esters is 3. The van der Waals surface area contributed by atoms with Crippen molar-refractivity contribution in [3.05, 3.63) is 109 Å². The maximum absolute atomic E-state index is 12.9. The van der Waals surface area contributed by atoms with E-state index in [1.807, 2.05) is 12.2 Å². The molecule has 2 N–H and O–H groups in total. The summed E-state index contributed by atoms with van der Waals surface area (Å²) in [6, 6.07) is 0. The third-order valence-corrected chi connectivity index (χ3v) is 12.1. The average Bonchev–Trinajstić information content (AvgIpc) is 3.37. The molecule has 0 spiro atoms. The van der Waals surface area contributed by atoms with Crippen molar-refractivity contribution < 1.29 is 52.2 Å². The summed E-state index contributed by atoms with van der Waals surface area (Å²) in [7, 11) is -4.77. The van der Waals surface area contributed by atoms with Crippen LogP contribution in [-0.2, 0) is 42.2 Å². The van der Waals surface area contributed by atoms with Gasteiger partial charge in [-0.3, -0.25) is 23.4 Å². The monoisotopic (exact) mass is 1030 g/mol. The van der Waals surface area contributed by atoms with Crippen LogP contribution in [0, 0.1) is 0 Å². The molecule has 3 atom stereocenters. The lowest BCUT2D eigenvalue weighted by atomic mass is 10.1. The van der Waals surface area contributed by atoms with Crippen molar-refractivity contribution in [2.45, 2.75) is 226 Å². The van der Waals surface area contributed by atoms with Crippen LogP contribution in [-0.4, -0.2) is 66.5 Å². The fourth-order valence-electron chi connectivity index (χ4n) is 6.92. The van der Waals surface area contributed by atoms with E-state index in [4.69, 9.17) is 23.3 Å². The van der Waals surface area contributed by atoms with Crippen LogP contribution in [0.5, 0.6) is 0 Å². The van der Waals surface area contributed by atoms with Gasteiger partial charge in [0.05, 0.1) is 19.8 Å². The predicted octanol–water partition coefficient (Wildman–Crippen LogP) is 16.2. The first-order chi connectivity index (χ1) is 35.2. The average molecular weight is 1030 g/mol. The van der Waals surface area contributed by atoms with Crippen LogP contribution in [0.25, 0.3) is 0 Å². The van der Waals surface area contributed by atoms with E-state index in [1.165, 1.54) is 32.1 Å². The van der Waals surface area contributed by atoms with Gasteiger partial charge in [0.2, 0.25) is 0 Å². The van der Waals surface area contributed by atoms with Crippen LogP contribution >= 0.6 is 7.82 Å². The standard InChI is InChI=1S/C60H99O11P/c1-4-7-10-13-16-19-22-24-26-27-28-29-31-32-35-37-40-43-46-49-58(62)67-53-57(71-60(64)51-48-45-42-39-36-33-30-25-23-20-17-14-11-8-5-2)55-69-72(65,66)68-54-56(52-61)70-59(63)50-47-44-41-38-34-21-18-15-12-9-6-3/h7,10,15-20,24-26,28-30,32,35,40,43,56-57,61H,4-6,8-9,11-14,21-23,27,31,33-34,36-39,41-42,44-55H2,1-3H3,(H,65,66)/b10-7-,18-15-,19-16-,20-17-,26-24-,29-28-,30-25-,35-32-,43-40-. The van der Waals surface area contributed by atoms with Gasteiger partial charge in [-0.15, -0.1) is 0 Å². The quantitative estimate of drug-likeness (QED) is 0.0197. The van der Waals surface area contributed by atoms with Gasteiger partial charge in [0.15, 0.2) is 6.10 Å². The first kappa shape index (κ1) is 68.1. The molecule has 0 heterocycles. The Kier molecular flexibility index (Phi) is 50.6. The lowest BCUT2D eigenvalue weighted by molar-refractivity contribution is -0.161. The highest BCUT2D eigenvalue weighted by Gasteiger charge is 2.28. The predicted molar refractivity (Wildman–Crippen MR) is 297 cm³/mol. The van der Waals surface area contributed by atoms with Crippen molar-refractivity contribution in [3.8, 4) is 0 Å². The van der Waals surface area contributed by atoms with Gasteiger partial charge >= 0.3 is 25.7 Å². The number of allylic oxidation sites excluding steroid dienone is 18. The minimum absolute atomic E-state index is 0.0929. The zero-order valence-corrected chi connectivity index (χ0v) is 46.0. The highest BCUT2D eigenvalue weighted by atomic mass is 31.2. The molecule has 0 radical (unpaired) electrons. The second-order valence-electron chi connectivity index (χ2n) is 18.0. The van der Waals surface area contributed by atoms with Gasteiger partial charge in [-0.2, -0.15) is 0 Å². The van der Waals surface area contributed by atoms with Crippen molar-refractivity contribution in [2.75, 3.05) is 26.4 Å². The van der Waals surface area contributed by atoms with Crippen LogP contribution < -0.4 is 0 Å². The maximum Gasteiger partial charge on any atom is 0.472 e. The summed E-state index contributed by atoms with van der Waals surface area (Å²) < 4.78 is 39.3. The zero-order valence-electron chi connectivity index (χ0n) is 45.1. The Morgan fingerprint density at radius 2 is 0.764 bits per heavy atom. The van der Waals surface area contributed by atoms with E-state index in [0.29, 0.717) is 19.3 Å². The summed E-state index contributed by atoms with van der Waals surface area (Å²) in [5.74, 6) is -1.60. The van der Waals surface area contributed by atoms with E-state index in [1.54, 1.807) is 0 Å². The first-order valence-electron chi connectivity index (χ1n) is 27.8. The van der Waals surface area contributed by atoms with E-state index >= 15 is 0 Å². The number of aliphatic hydroxyl groups is 1. The molecule has 0 rings (SSSR count). The summed E-state index contributed by atoms with van der Waals surface area (Å²) in [4.78, 5) is 48.4. The maximum atomic E-state index is 12.9. The number of aliphatic hydroxyl groups excluding tert-OH is 1. The van der Waals surface area contributed by atoms with Crippen LogP contribution in [0.3, 0.4) is 0 Å². The van der Waals surface area contributed by atoms with Crippen molar-refractivity contribution in [1.29, 1.82) is 0 Å². The van der Waals surface area contributed by atoms with Crippen molar-refractivity contribution in [1.82, 2.24) is 0 Å². The summed E-state index contributed by atoms with van der Waals surface area (Å²) in [5.41, 5.74) is 0. The Labute approximate surface area is 437 Å². The molecule has 0 saturated carbocycles. The fraction of sp³-hybridized carbons (Fsp3) is 0.650. The van der Waals surface area contributed by atoms with E-state index in [0.717, 1.165) is 122 Å². The molecule has 72 heavy (non-hydrogen) atoms. The Balaban J connectivity index is 4.88. The molecule has 0 aliphatic carbocycles. The van der Waals surface area contributed by atoms with E-state index < -0.39 is 57.8 Å². The molecule has 0 aromatic carbocycles. The molecule has 0 aliphatic rings. The summed E-state index contributed by atoms with van der Waals surface area (Å²) in [6.07, 6.45) is 63.5. The number of ether oxygens (including phenoxy) is 3. The van der Waals surface area contributed by atoms with E-state index in [-0.39, 0.29) is 25.9 Å². The Morgan fingerprint density at radius 1 is 0.403 bits per heavy atom. The minimum Gasteiger partial charge on any atom is -0.462 e. The summed E-state index contributed by atoms with van der Waals surface area (Å²) in [6.45, 7) is 4.33. The number of carbonyl (C=O) groups is 3. The number of unbranched alkanes of at least 4 members (excludes halogenated alkanes) is 15. The minimum atomic E-state index is -4.77. The SMILES string of the molecule is CC/C=C\C/C=C\C/C=C\C/C=C\C/C=C\C/C=C\CCC(=O)OCC(COP(=O)(O)OCC(CO)OC(=O)CCCCCCC/C=C\CCCC)OC(=O)CCCCCCC/C=C\C/C=C\CCCCC. The summed E-state index contributed by atoms with van der Waals surface area (Å²) >= 11 is 0. The molecule has 0 aromatic rings. The number of hydrogen-bond donors (Lipinski definition) is 2. The highest BCUT2D eigenvalue weighted by Crippen LogP contribution is 2.43. The molecule has 0 saturated heterocycles. The third-order valence-electron chi connectivity index (χ3n) is 11.2. The van der Waals surface area contributed by atoms with Gasteiger partial charge in [0.1, 0.15) is 12.7 Å². The molecular formula is C60H99O11P. The number of phosphoric acid groups is 1. The van der Waals surface area contributed by atoms with Gasteiger partial charge in [0, 0.05) is 19.3 Å². The van der Waals surface area contributed by atoms with Crippen LogP contribution in [0.15, 0.2) is 109 Å². The second-order valence-corrected chi connectivity index (χ2v) is 19.5. The molecule has 0 aliphatic heterocycles. The van der Waals surface area contributed by atoms with E-state index in [2.05, 4.69) is 118 Å². The van der Waals surface area contributed by atoms with Crippen molar-refractivity contribution in [2.24, 2.45) is 0 Å². The van der Waals surface area contributed by atoms with Gasteiger partial charge in [0.25, 0.3) is 0 Å². The first-order valence-corrected chi connectivity index (χ1v) is 29.3. The molecule has 11 nitrogen and oxygen atoms in total. The van der Waals surface area contributed by atoms with Gasteiger partial charge in [-0.1, -0.05) is 194 Å². The van der Waals surface area contributed by atoms with Crippen molar-refractivity contribution in [3.63, 3.8) is 0 Å². The highest BCUT2D eigenvalue weighted by molar-refractivity contribution is 7.47. The van der Waals surface area contributed by atoms with Gasteiger partial charge in [-0.05, 0) is 109 Å². The molecule has 3 unspecified atom stereocenters. The zero-order chi connectivity index (χ0) is 52.7. The van der Waals surface area contributed by atoms with Gasteiger partial charge < -0.3 is 24.2 Å². The molecule has 410 valence electrons. The molecule has 0 amide bonds. The Bertz CT molecular complexity index is 1620. The largest absolute Gasteiger partial charge is 0.472 e. The molecule has 0 aromatic heterocycles. The third kappa shape index (κ3) is 51.1. The van der Waals surface area contributed by atoms with Crippen LogP contribution in [0.2, 0.25) is 0 Å². The number of hydrogen-bond acceptors (Lipinski definition) is 10. The second kappa shape index (κ2) is 53.4. The summed E-state index contributed by atoms with van der Waals surface area (Å²) in [5, 5.41) is 9.78. The molecule has 0 fully saturated rings. The normalized spacial score (nSPS) is 14.2. The van der Waals surface area contributed by atoms with E-state index in [9.17, 15) is 28.9 Å². The van der Waals surface area contributed by atoms with Crippen molar-refractivity contribution >= 4 is 25.7 Å². The Morgan fingerprint density at radius 3 is 1.22 bits per heavy atom. The lowest BCUT2D eigenvalue weighted by Crippen LogP contribution is -2.30. The van der Waals surface area contributed by atoms with Crippen LogP contribution in [0.4, 0.5) is 0 Å². The number of phosphoric ester groups is 1. The van der Waals surface area contributed by atoms with Gasteiger partial charge in [-0.25, -0.2) is 4.57 Å².